The monoisotopic (exact) mass is 236 g/mol. The van der Waals surface area contributed by atoms with Gasteiger partial charge in [0.05, 0.1) is 0 Å². The Morgan fingerprint density at radius 2 is 2.41 bits per heavy atom. The highest BCUT2D eigenvalue weighted by Crippen LogP contribution is 2.15. The van der Waals surface area contributed by atoms with Crippen molar-refractivity contribution in [3.8, 4) is 0 Å². The fourth-order valence-corrected chi connectivity index (χ4v) is 2.04. The summed E-state index contributed by atoms with van der Waals surface area (Å²) in [4.78, 5) is 11.7. The Labute approximate surface area is 100 Å². The van der Waals surface area contributed by atoms with Gasteiger partial charge in [0.2, 0.25) is 5.91 Å². The van der Waals surface area contributed by atoms with Crippen LogP contribution in [-0.4, -0.2) is 18.5 Å². The maximum atomic E-state index is 13.3. The predicted octanol–water partition coefficient (Wildman–Crippen LogP) is 2.21. The van der Waals surface area contributed by atoms with E-state index in [-0.39, 0.29) is 17.8 Å². The Bertz CT molecular complexity index is 414. The zero-order chi connectivity index (χ0) is 12.3. The molecule has 1 saturated heterocycles. The largest absolute Gasteiger partial charge is 0.326 e. The predicted molar refractivity (Wildman–Crippen MR) is 65.4 cm³/mol. The quantitative estimate of drug-likeness (QED) is 0.844. The minimum Gasteiger partial charge on any atom is -0.326 e. The first kappa shape index (κ1) is 12.0. The lowest BCUT2D eigenvalue weighted by Crippen LogP contribution is -2.27. The summed E-state index contributed by atoms with van der Waals surface area (Å²) in [5.41, 5.74) is 1.11. The SMILES string of the molecule is Cc1ccc(NC(=O)CC2CCCN2)cc1F. The molecule has 1 aliphatic rings. The van der Waals surface area contributed by atoms with Crippen molar-refractivity contribution in [2.75, 3.05) is 11.9 Å². The van der Waals surface area contributed by atoms with Gasteiger partial charge >= 0.3 is 0 Å². The molecule has 0 spiro atoms. The summed E-state index contributed by atoms with van der Waals surface area (Å²) >= 11 is 0. The van der Waals surface area contributed by atoms with Gasteiger partial charge in [-0.25, -0.2) is 4.39 Å². The number of carbonyl (C=O) groups is 1. The number of anilines is 1. The Hall–Kier alpha value is -1.42. The second-order valence-electron chi connectivity index (χ2n) is 4.51. The van der Waals surface area contributed by atoms with Crippen LogP contribution in [0.5, 0.6) is 0 Å². The Morgan fingerprint density at radius 1 is 1.59 bits per heavy atom. The van der Waals surface area contributed by atoms with Crippen molar-refractivity contribution in [2.24, 2.45) is 0 Å². The van der Waals surface area contributed by atoms with Gasteiger partial charge < -0.3 is 10.6 Å². The number of nitrogens with one attached hydrogen (secondary N) is 2. The van der Waals surface area contributed by atoms with Crippen LogP contribution >= 0.6 is 0 Å². The van der Waals surface area contributed by atoms with Crippen LogP contribution in [0.1, 0.15) is 24.8 Å². The lowest BCUT2D eigenvalue weighted by Gasteiger charge is -2.10. The molecule has 3 nitrogen and oxygen atoms in total. The van der Waals surface area contributed by atoms with Crippen molar-refractivity contribution in [3.63, 3.8) is 0 Å². The van der Waals surface area contributed by atoms with Gasteiger partial charge in [0.15, 0.2) is 0 Å². The molecule has 1 unspecified atom stereocenters. The fraction of sp³-hybridized carbons (Fsp3) is 0.462. The maximum absolute atomic E-state index is 13.3. The third-order valence-electron chi connectivity index (χ3n) is 3.05. The maximum Gasteiger partial charge on any atom is 0.225 e. The molecule has 0 bridgehead atoms. The normalized spacial score (nSPS) is 19.3. The first-order valence-corrected chi connectivity index (χ1v) is 5.94. The van der Waals surface area contributed by atoms with Crippen molar-refractivity contribution in [2.45, 2.75) is 32.2 Å². The summed E-state index contributed by atoms with van der Waals surface area (Å²) in [5.74, 6) is -0.352. The number of amides is 1. The number of benzene rings is 1. The lowest BCUT2D eigenvalue weighted by molar-refractivity contribution is -0.116. The molecule has 0 saturated carbocycles. The molecular formula is C13H17FN2O. The first-order chi connectivity index (χ1) is 8.15. The smallest absolute Gasteiger partial charge is 0.225 e. The van der Waals surface area contributed by atoms with Crippen molar-refractivity contribution >= 4 is 11.6 Å². The average molecular weight is 236 g/mol. The highest BCUT2D eigenvalue weighted by molar-refractivity contribution is 5.91. The summed E-state index contributed by atoms with van der Waals surface area (Å²) in [5, 5.41) is 5.98. The van der Waals surface area contributed by atoms with Gasteiger partial charge in [0.25, 0.3) is 0 Å². The van der Waals surface area contributed by atoms with E-state index in [1.807, 2.05) is 0 Å². The molecule has 17 heavy (non-hydrogen) atoms. The summed E-state index contributed by atoms with van der Waals surface area (Å²) in [6.07, 6.45) is 2.61. The molecule has 1 aromatic carbocycles. The van der Waals surface area contributed by atoms with Crippen LogP contribution in [0.25, 0.3) is 0 Å². The van der Waals surface area contributed by atoms with E-state index < -0.39 is 0 Å². The van der Waals surface area contributed by atoms with Crippen LogP contribution in [0, 0.1) is 12.7 Å². The molecule has 4 heteroatoms. The molecule has 2 N–H and O–H groups in total. The molecule has 0 aliphatic carbocycles. The molecule has 1 aromatic rings. The van der Waals surface area contributed by atoms with Crippen LogP contribution < -0.4 is 10.6 Å². The van der Waals surface area contributed by atoms with Crippen molar-refractivity contribution in [1.82, 2.24) is 5.32 Å². The number of rotatable bonds is 3. The van der Waals surface area contributed by atoms with E-state index in [0.717, 1.165) is 19.4 Å². The van der Waals surface area contributed by atoms with Crippen LogP contribution in [0.4, 0.5) is 10.1 Å². The molecule has 1 fully saturated rings. The molecule has 0 radical (unpaired) electrons. The number of aryl methyl sites for hydroxylation is 1. The second-order valence-corrected chi connectivity index (χ2v) is 4.51. The topological polar surface area (TPSA) is 41.1 Å². The van der Waals surface area contributed by atoms with E-state index in [9.17, 15) is 9.18 Å². The summed E-state index contributed by atoms with van der Waals surface area (Å²) < 4.78 is 13.3. The standard InChI is InChI=1S/C13H17FN2O/c1-9-4-5-11(7-12(9)14)16-13(17)8-10-3-2-6-15-10/h4-5,7,10,15H,2-3,6,8H2,1H3,(H,16,17). The summed E-state index contributed by atoms with van der Waals surface area (Å²) in [7, 11) is 0. The third-order valence-corrected chi connectivity index (χ3v) is 3.05. The number of hydrogen-bond acceptors (Lipinski definition) is 2. The van der Waals surface area contributed by atoms with E-state index in [2.05, 4.69) is 10.6 Å². The Kier molecular flexibility index (Phi) is 3.74. The highest BCUT2D eigenvalue weighted by Gasteiger charge is 2.17. The van der Waals surface area contributed by atoms with Gasteiger partial charge in [0.1, 0.15) is 5.82 Å². The van der Waals surface area contributed by atoms with Gasteiger partial charge in [-0.15, -0.1) is 0 Å². The molecular weight excluding hydrogens is 219 g/mol. The minimum atomic E-state index is -0.290. The molecule has 1 amide bonds. The lowest BCUT2D eigenvalue weighted by atomic mass is 10.1. The van der Waals surface area contributed by atoms with Gasteiger partial charge in [-0.05, 0) is 44.0 Å². The summed E-state index contributed by atoms with van der Waals surface area (Å²) in [6.45, 7) is 2.68. The van der Waals surface area contributed by atoms with Gasteiger partial charge in [-0.1, -0.05) is 6.07 Å². The van der Waals surface area contributed by atoms with Crippen LogP contribution in [-0.2, 0) is 4.79 Å². The number of carbonyl (C=O) groups excluding carboxylic acids is 1. The van der Waals surface area contributed by atoms with Crippen molar-refractivity contribution in [1.29, 1.82) is 0 Å². The van der Waals surface area contributed by atoms with E-state index in [4.69, 9.17) is 0 Å². The van der Waals surface area contributed by atoms with Gasteiger partial charge in [-0.3, -0.25) is 4.79 Å². The number of halogens is 1. The van der Waals surface area contributed by atoms with Crippen LogP contribution in [0.2, 0.25) is 0 Å². The molecule has 1 aliphatic heterocycles. The van der Waals surface area contributed by atoms with E-state index in [1.54, 1.807) is 19.1 Å². The van der Waals surface area contributed by atoms with Gasteiger partial charge in [0, 0.05) is 18.2 Å². The summed E-state index contributed by atoms with van der Waals surface area (Å²) in [6, 6.07) is 5.01. The second kappa shape index (κ2) is 5.27. The van der Waals surface area contributed by atoms with Crippen LogP contribution in [0.15, 0.2) is 18.2 Å². The van der Waals surface area contributed by atoms with Gasteiger partial charge in [-0.2, -0.15) is 0 Å². The first-order valence-electron chi connectivity index (χ1n) is 5.94. The molecule has 2 rings (SSSR count). The van der Waals surface area contributed by atoms with E-state index >= 15 is 0 Å². The minimum absolute atomic E-state index is 0.0624. The zero-order valence-electron chi connectivity index (χ0n) is 9.92. The molecule has 1 heterocycles. The average Bonchev–Trinajstić information content (AvgIpc) is 2.76. The number of hydrogen-bond donors (Lipinski definition) is 2. The fourth-order valence-electron chi connectivity index (χ4n) is 2.04. The third kappa shape index (κ3) is 3.27. The van der Waals surface area contributed by atoms with E-state index in [0.29, 0.717) is 17.7 Å². The molecule has 92 valence electrons. The highest BCUT2D eigenvalue weighted by atomic mass is 19.1. The molecule has 1 atom stereocenters. The van der Waals surface area contributed by atoms with E-state index in [1.165, 1.54) is 6.07 Å². The van der Waals surface area contributed by atoms with Crippen molar-refractivity contribution in [3.05, 3.63) is 29.6 Å². The van der Waals surface area contributed by atoms with Crippen molar-refractivity contribution < 1.29 is 9.18 Å². The Morgan fingerprint density at radius 3 is 3.06 bits per heavy atom. The molecule has 0 aromatic heterocycles. The Balaban J connectivity index is 1.90. The zero-order valence-corrected chi connectivity index (χ0v) is 9.92. The van der Waals surface area contributed by atoms with Crippen LogP contribution in [0.3, 0.4) is 0 Å².